The van der Waals surface area contributed by atoms with E-state index >= 15 is 0 Å². The Balaban J connectivity index is 1.69. The number of hydrogen-bond acceptors (Lipinski definition) is 3. The second-order valence-corrected chi connectivity index (χ2v) is 5.62. The molecule has 1 heterocycles. The van der Waals surface area contributed by atoms with Crippen LogP contribution in [0.3, 0.4) is 0 Å². The van der Waals surface area contributed by atoms with Gasteiger partial charge in [-0.15, -0.1) is 0 Å². The van der Waals surface area contributed by atoms with Crippen LogP contribution in [0.2, 0.25) is 0 Å². The summed E-state index contributed by atoms with van der Waals surface area (Å²) < 4.78 is 28.1. The molecule has 0 aliphatic carbocycles. The average molecular weight is 358 g/mol. The zero-order valence-electron chi connectivity index (χ0n) is 13.9. The third kappa shape index (κ3) is 3.69. The van der Waals surface area contributed by atoms with E-state index < -0.39 is 23.4 Å². The monoisotopic (exact) mass is 358 g/mol. The summed E-state index contributed by atoms with van der Waals surface area (Å²) in [5, 5.41) is 0. The number of hydrazine groups is 1. The lowest BCUT2D eigenvalue weighted by Crippen LogP contribution is -2.43. The number of rotatable bonds is 4. The fraction of sp³-hybridized carbons (Fsp3) is 0.167. The van der Waals surface area contributed by atoms with Gasteiger partial charge in [0.1, 0.15) is 24.0 Å². The second-order valence-electron chi connectivity index (χ2n) is 5.62. The van der Waals surface area contributed by atoms with Gasteiger partial charge in [0.2, 0.25) is 0 Å². The summed E-state index contributed by atoms with van der Waals surface area (Å²) in [6, 6.07) is 9.82. The Morgan fingerprint density at radius 2 is 1.77 bits per heavy atom. The van der Waals surface area contributed by atoms with E-state index in [0.29, 0.717) is 12.5 Å². The molecule has 3 aromatic rings. The Kier molecular flexibility index (Phi) is 4.92. The van der Waals surface area contributed by atoms with Gasteiger partial charge in [-0.2, -0.15) is 0 Å². The molecule has 0 saturated carbocycles. The van der Waals surface area contributed by atoms with Crippen LogP contribution >= 0.6 is 0 Å². The van der Waals surface area contributed by atoms with E-state index in [1.807, 2.05) is 31.2 Å². The van der Waals surface area contributed by atoms with Gasteiger partial charge in [0, 0.05) is 18.1 Å². The summed E-state index contributed by atoms with van der Waals surface area (Å²) in [5.74, 6) is -2.33. The van der Waals surface area contributed by atoms with Crippen molar-refractivity contribution < 1.29 is 18.4 Å². The van der Waals surface area contributed by atoms with E-state index in [2.05, 4.69) is 15.8 Å². The maximum atomic E-state index is 13.2. The van der Waals surface area contributed by atoms with Crippen LogP contribution < -0.4 is 10.9 Å². The number of aryl methyl sites for hydroxylation is 1. The quantitative estimate of drug-likeness (QED) is 0.703. The topological polar surface area (TPSA) is 76.0 Å². The van der Waals surface area contributed by atoms with Crippen LogP contribution in [0.5, 0.6) is 0 Å². The van der Waals surface area contributed by atoms with E-state index in [1.165, 1.54) is 0 Å². The Bertz CT molecular complexity index is 964. The van der Waals surface area contributed by atoms with E-state index in [-0.39, 0.29) is 12.1 Å². The fourth-order valence-electron chi connectivity index (χ4n) is 2.64. The van der Waals surface area contributed by atoms with Gasteiger partial charge in [-0.05, 0) is 24.3 Å². The molecule has 0 fully saturated rings. The first-order chi connectivity index (χ1) is 12.5. The van der Waals surface area contributed by atoms with Gasteiger partial charge in [-0.3, -0.25) is 20.4 Å². The molecule has 0 unspecified atom stereocenters. The molecule has 8 heteroatoms. The summed E-state index contributed by atoms with van der Waals surface area (Å²) in [5.41, 5.74) is 5.73. The maximum Gasteiger partial charge on any atom is 0.269 e. The smallest absolute Gasteiger partial charge is 0.269 e. The number of para-hydroxylation sites is 2. The van der Waals surface area contributed by atoms with Gasteiger partial charge >= 0.3 is 0 Å². The van der Waals surface area contributed by atoms with Gasteiger partial charge in [0.05, 0.1) is 11.0 Å². The number of benzene rings is 2. The highest BCUT2D eigenvalue weighted by Gasteiger charge is 2.14. The van der Waals surface area contributed by atoms with Crippen molar-refractivity contribution in [2.24, 2.45) is 0 Å². The number of imidazole rings is 1. The van der Waals surface area contributed by atoms with Crippen molar-refractivity contribution in [2.45, 2.75) is 19.9 Å². The van der Waals surface area contributed by atoms with Crippen molar-refractivity contribution in [3.8, 4) is 0 Å². The average Bonchev–Trinajstić information content (AvgIpc) is 2.96. The van der Waals surface area contributed by atoms with Crippen LogP contribution in [0.4, 0.5) is 8.78 Å². The van der Waals surface area contributed by atoms with E-state index in [9.17, 15) is 18.4 Å². The minimum absolute atomic E-state index is 0.0541. The number of nitrogens with zero attached hydrogens (tertiary/aromatic N) is 2. The first-order valence-corrected chi connectivity index (χ1v) is 7.97. The standard InChI is InChI=1S/C18H16F2N4O2/c1-2-16-21-14-5-3-4-6-15(14)24(16)10-17(25)22-23-18(26)11-7-12(19)9-13(20)8-11/h3-9H,2,10H2,1H3,(H,22,25)(H,23,26). The van der Waals surface area contributed by atoms with Gasteiger partial charge in [-0.25, -0.2) is 13.8 Å². The third-order valence-corrected chi connectivity index (χ3v) is 3.79. The number of halogens is 2. The molecule has 0 atom stereocenters. The van der Waals surface area contributed by atoms with Crippen molar-refractivity contribution in [1.82, 2.24) is 20.4 Å². The number of hydrogen-bond donors (Lipinski definition) is 2. The summed E-state index contributed by atoms with van der Waals surface area (Å²) in [4.78, 5) is 28.5. The molecule has 1 aromatic heterocycles. The first-order valence-electron chi connectivity index (χ1n) is 7.97. The third-order valence-electron chi connectivity index (χ3n) is 3.79. The van der Waals surface area contributed by atoms with Gasteiger partial charge in [-0.1, -0.05) is 19.1 Å². The number of aromatic nitrogens is 2. The normalized spacial score (nSPS) is 10.7. The first kappa shape index (κ1) is 17.5. The molecule has 6 nitrogen and oxygen atoms in total. The van der Waals surface area contributed by atoms with Crippen LogP contribution in [0, 0.1) is 11.6 Å². The summed E-state index contributed by atoms with van der Waals surface area (Å²) in [6.45, 7) is 1.87. The van der Waals surface area contributed by atoms with Crippen LogP contribution in [-0.2, 0) is 17.8 Å². The Hall–Kier alpha value is -3.29. The van der Waals surface area contributed by atoms with Crippen molar-refractivity contribution in [2.75, 3.05) is 0 Å². The lowest BCUT2D eigenvalue weighted by atomic mass is 10.2. The summed E-state index contributed by atoms with van der Waals surface area (Å²) >= 11 is 0. The molecule has 0 aliphatic rings. The number of carbonyl (C=O) groups is 2. The molecule has 3 rings (SSSR count). The van der Waals surface area contributed by atoms with Gasteiger partial charge in [0.25, 0.3) is 11.8 Å². The zero-order chi connectivity index (χ0) is 18.7. The lowest BCUT2D eigenvalue weighted by molar-refractivity contribution is -0.122. The van der Waals surface area contributed by atoms with Gasteiger partial charge in [0.15, 0.2) is 0 Å². The molecule has 0 aliphatic heterocycles. The summed E-state index contributed by atoms with van der Waals surface area (Å²) in [6.07, 6.45) is 0.636. The Morgan fingerprint density at radius 3 is 2.46 bits per heavy atom. The molecule has 26 heavy (non-hydrogen) atoms. The number of amides is 2. The second kappa shape index (κ2) is 7.30. The number of nitrogens with one attached hydrogen (secondary N) is 2. The highest BCUT2D eigenvalue weighted by atomic mass is 19.1. The molecular formula is C18H16F2N4O2. The lowest BCUT2D eigenvalue weighted by Gasteiger charge is -2.10. The van der Waals surface area contributed by atoms with Crippen LogP contribution in [0.1, 0.15) is 23.1 Å². The molecule has 2 N–H and O–H groups in total. The fourth-order valence-corrected chi connectivity index (χ4v) is 2.64. The predicted octanol–water partition coefficient (Wildman–Crippen LogP) is 2.34. The molecular weight excluding hydrogens is 342 g/mol. The molecule has 0 saturated heterocycles. The van der Waals surface area contributed by atoms with E-state index in [0.717, 1.165) is 29.0 Å². The van der Waals surface area contributed by atoms with E-state index in [4.69, 9.17) is 0 Å². The minimum Gasteiger partial charge on any atom is -0.318 e. The Labute approximate surface area is 147 Å². The highest BCUT2D eigenvalue weighted by molar-refractivity contribution is 5.95. The van der Waals surface area contributed by atoms with Gasteiger partial charge < -0.3 is 4.57 Å². The van der Waals surface area contributed by atoms with Crippen LogP contribution in [0.25, 0.3) is 11.0 Å². The zero-order valence-corrected chi connectivity index (χ0v) is 13.9. The highest BCUT2D eigenvalue weighted by Crippen LogP contribution is 2.16. The van der Waals surface area contributed by atoms with Crippen LogP contribution in [-0.4, -0.2) is 21.4 Å². The molecule has 134 valence electrons. The molecule has 2 aromatic carbocycles. The SMILES string of the molecule is CCc1nc2ccccc2n1CC(=O)NNC(=O)c1cc(F)cc(F)c1. The largest absolute Gasteiger partial charge is 0.318 e. The summed E-state index contributed by atoms with van der Waals surface area (Å²) in [7, 11) is 0. The Morgan fingerprint density at radius 1 is 1.08 bits per heavy atom. The maximum absolute atomic E-state index is 13.2. The molecule has 0 spiro atoms. The van der Waals surface area contributed by atoms with E-state index in [1.54, 1.807) is 4.57 Å². The van der Waals surface area contributed by atoms with Crippen molar-refractivity contribution in [1.29, 1.82) is 0 Å². The van der Waals surface area contributed by atoms with Crippen molar-refractivity contribution >= 4 is 22.8 Å². The predicted molar refractivity (Wildman–Crippen MR) is 91.1 cm³/mol. The van der Waals surface area contributed by atoms with Crippen molar-refractivity contribution in [3.05, 3.63) is 65.5 Å². The molecule has 0 radical (unpaired) electrons. The number of carbonyl (C=O) groups excluding carboxylic acids is 2. The molecule has 2 amide bonds. The molecule has 0 bridgehead atoms. The minimum atomic E-state index is -0.876. The number of fused-ring (bicyclic) bond motifs is 1. The van der Waals surface area contributed by atoms with Crippen molar-refractivity contribution in [3.63, 3.8) is 0 Å². The van der Waals surface area contributed by atoms with Crippen LogP contribution in [0.15, 0.2) is 42.5 Å².